The predicted molar refractivity (Wildman–Crippen MR) is 68.1 cm³/mol. The van der Waals surface area contributed by atoms with E-state index in [0.717, 1.165) is 37.3 Å². The van der Waals surface area contributed by atoms with Crippen LogP contribution in [0, 0.1) is 5.92 Å². The summed E-state index contributed by atoms with van der Waals surface area (Å²) in [5.74, 6) is 0.732. The first kappa shape index (κ1) is 11.9. The Hall–Kier alpha value is -1.58. The van der Waals surface area contributed by atoms with Gasteiger partial charge < -0.3 is 10.2 Å². The second-order valence-corrected chi connectivity index (χ2v) is 4.60. The number of anilines is 1. The van der Waals surface area contributed by atoms with Crippen LogP contribution in [-0.4, -0.2) is 35.4 Å². The average Bonchev–Trinajstić information content (AvgIpc) is 2.76. The van der Waals surface area contributed by atoms with E-state index in [0.29, 0.717) is 5.92 Å². The van der Waals surface area contributed by atoms with E-state index in [9.17, 15) is 4.79 Å². The summed E-state index contributed by atoms with van der Waals surface area (Å²) in [5, 5.41) is 3.18. The van der Waals surface area contributed by atoms with Crippen molar-refractivity contribution in [2.24, 2.45) is 5.92 Å². The molecule has 0 bridgehead atoms. The van der Waals surface area contributed by atoms with E-state index in [1.165, 1.54) is 0 Å². The molecule has 1 unspecified atom stereocenters. The van der Waals surface area contributed by atoms with E-state index < -0.39 is 0 Å². The molecule has 1 amide bonds. The van der Waals surface area contributed by atoms with Crippen molar-refractivity contribution in [3.8, 4) is 0 Å². The number of carbonyl (C=O) groups is 1. The molecule has 1 fully saturated rings. The number of amides is 1. The molecule has 17 heavy (non-hydrogen) atoms. The summed E-state index contributed by atoms with van der Waals surface area (Å²) in [5.41, 5.74) is 1.57. The number of pyridine rings is 1. The molecule has 92 valence electrons. The Balaban J connectivity index is 2.18. The van der Waals surface area contributed by atoms with Crippen molar-refractivity contribution < 1.29 is 4.79 Å². The Morgan fingerprint density at radius 1 is 1.65 bits per heavy atom. The topological polar surface area (TPSA) is 45.2 Å². The van der Waals surface area contributed by atoms with Gasteiger partial charge in [-0.2, -0.15) is 0 Å². The summed E-state index contributed by atoms with van der Waals surface area (Å²) < 4.78 is 0. The molecule has 2 heterocycles. The minimum atomic E-state index is 0.118. The molecular weight excluding hydrogens is 214 g/mol. The first-order valence-electron chi connectivity index (χ1n) is 6.19. The highest BCUT2D eigenvalue weighted by molar-refractivity contribution is 5.99. The van der Waals surface area contributed by atoms with E-state index in [1.54, 1.807) is 18.5 Å². The minimum absolute atomic E-state index is 0.118. The van der Waals surface area contributed by atoms with E-state index in [2.05, 4.69) is 17.2 Å². The monoisotopic (exact) mass is 233 g/mol. The maximum atomic E-state index is 12.3. The van der Waals surface area contributed by atoms with Crippen LogP contribution in [0.2, 0.25) is 0 Å². The quantitative estimate of drug-likeness (QED) is 0.868. The smallest absolute Gasteiger partial charge is 0.256 e. The van der Waals surface area contributed by atoms with E-state index >= 15 is 0 Å². The zero-order valence-electron chi connectivity index (χ0n) is 10.4. The van der Waals surface area contributed by atoms with Gasteiger partial charge in [0.1, 0.15) is 0 Å². The van der Waals surface area contributed by atoms with Crippen LogP contribution in [0.3, 0.4) is 0 Å². The summed E-state index contributed by atoms with van der Waals surface area (Å²) in [6.45, 7) is 6.73. The lowest BCUT2D eigenvalue weighted by atomic mass is 10.2. The van der Waals surface area contributed by atoms with Crippen LogP contribution in [0.1, 0.15) is 30.6 Å². The molecule has 4 heteroatoms. The molecule has 1 aromatic rings. The summed E-state index contributed by atoms with van der Waals surface area (Å²) in [6.07, 6.45) is 4.50. The Morgan fingerprint density at radius 3 is 3.12 bits per heavy atom. The van der Waals surface area contributed by atoms with Crippen molar-refractivity contribution in [2.75, 3.05) is 25.0 Å². The van der Waals surface area contributed by atoms with Gasteiger partial charge in [-0.05, 0) is 25.3 Å². The molecule has 0 saturated carbocycles. The molecule has 0 aliphatic carbocycles. The van der Waals surface area contributed by atoms with Gasteiger partial charge in [-0.1, -0.05) is 6.92 Å². The molecule has 0 radical (unpaired) electrons. The third kappa shape index (κ3) is 2.57. The second kappa shape index (κ2) is 5.17. The van der Waals surface area contributed by atoms with Crippen molar-refractivity contribution in [1.29, 1.82) is 0 Å². The number of aromatic nitrogens is 1. The Morgan fingerprint density at radius 2 is 2.47 bits per heavy atom. The fourth-order valence-electron chi connectivity index (χ4n) is 2.20. The van der Waals surface area contributed by atoms with Gasteiger partial charge >= 0.3 is 0 Å². The van der Waals surface area contributed by atoms with Crippen LogP contribution in [0.25, 0.3) is 0 Å². The van der Waals surface area contributed by atoms with Crippen molar-refractivity contribution in [1.82, 2.24) is 9.88 Å². The van der Waals surface area contributed by atoms with Gasteiger partial charge in [0.2, 0.25) is 0 Å². The number of likely N-dealkylation sites (tertiary alicyclic amines) is 1. The molecule has 0 spiro atoms. The molecule has 1 aromatic heterocycles. The highest BCUT2D eigenvalue weighted by Crippen LogP contribution is 2.21. The number of carbonyl (C=O) groups excluding carboxylic acids is 1. The van der Waals surface area contributed by atoms with Crippen LogP contribution < -0.4 is 5.32 Å². The molecular formula is C13H19N3O. The highest BCUT2D eigenvalue weighted by atomic mass is 16.2. The number of hydrogen-bond acceptors (Lipinski definition) is 3. The first-order valence-corrected chi connectivity index (χ1v) is 6.19. The Labute approximate surface area is 102 Å². The third-order valence-corrected chi connectivity index (χ3v) is 3.13. The van der Waals surface area contributed by atoms with E-state index in [4.69, 9.17) is 0 Å². The lowest BCUT2D eigenvalue weighted by molar-refractivity contribution is 0.0789. The molecule has 1 aliphatic rings. The van der Waals surface area contributed by atoms with Gasteiger partial charge in [0, 0.05) is 25.8 Å². The molecule has 1 saturated heterocycles. The maximum Gasteiger partial charge on any atom is 0.256 e. The van der Waals surface area contributed by atoms with Crippen molar-refractivity contribution >= 4 is 11.6 Å². The maximum absolute atomic E-state index is 12.3. The molecule has 2 rings (SSSR count). The van der Waals surface area contributed by atoms with Crippen LogP contribution in [0.15, 0.2) is 18.5 Å². The number of rotatable bonds is 3. The van der Waals surface area contributed by atoms with Crippen molar-refractivity contribution in [3.05, 3.63) is 24.0 Å². The standard InChI is InChI=1S/C13H19N3O/c1-3-15-12-8-14-6-4-11(12)13(17)16-7-5-10(2)9-16/h4,6,8,10,15H,3,5,7,9H2,1-2H3. The van der Waals surface area contributed by atoms with Gasteiger partial charge in [-0.25, -0.2) is 0 Å². The van der Waals surface area contributed by atoms with Crippen molar-refractivity contribution in [3.63, 3.8) is 0 Å². The largest absolute Gasteiger partial charge is 0.383 e. The zero-order chi connectivity index (χ0) is 12.3. The number of nitrogens with one attached hydrogen (secondary N) is 1. The minimum Gasteiger partial charge on any atom is -0.383 e. The van der Waals surface area contributed by atoms with E-state index in [1.807, 2.05) is 11.8 Å². The fraction of sp³-hybridized carbons (Fsp3) is 0.538. The Bertz CT molecular complexity index is 405. The predicted octanol–water partition coefficient (Wildman–Crippen LogP) is 2.00. The molecule has 1 N–H and O–H groups in total. The molecule has 4 nitrogen and oxygen atoms in total. The van der Waals surface area contributed by atoms with E-state index in [-0.39, 0.29) is 5.91 Å². The lowest BCUT2D eigenvalue weighted by Crippen LogP contribution is -2.29. The van der Waals surface area contributed by atoms with Crippen LogP contribution in [0.4, 0.5) is 5.69 Å². The lowest BCUT2D eigenvalue weighted by Gasteiger charge is -2.18. The third-order valence-electron chi connectivity index (χ3n) is 3.13. The second-order valence-electron chi connectivity index (χ2n) is 4.60. The van der Waals surface area contributed by atoms with Crippen LogP contribution >= 0.6 is 0 Å². The number of hydrogen-bond donors (Lipinski definition) is 1. The van der Waals surface area contributed by atoms with Crippen molar-refractivity contribution in [2.45, 2.75) is 20.3 Å². The zero-order valence-corrected chi connectivity index (χ0v) is 10.4. The van der Waals surface area contributed by atoms with Gasteiger partial charge in [0.25, 0.3) is 5.91 Å². The highest BCUT2D eigenvalue weighted by Gasteiger charge is 2.25. The van der Waals surface area contributed by atoms with Gasteiger partial charge in [0.05, 0.1) is 17.4 Å². The summed E-state index contributed by atoms with van der Waals surface area (Å²) in [6, 6.07) is 1.79. The molecule has 0 aromatic carbocycles. The summed E-state index contributed by atoms with van der Waals surface area (Å²) >= 11 is 0. The van der Waals surface area contributed by atoms with Gasteiger partial charge in [-0.3, -0.25) is 9.78 Å². The molecule has 1 atom stereocenters. The molecule has 1 aliphatic heterocycles. The number of nitrogens with zero attached hydrogens (tertiary/aromatic N) is 2. The normalized spacial score (nSPS) is 19.4. The first-order chi connectivity index (χ1) is 8.22. The summed E-state index contributed by atoms with van der Waals surface area (Å²) in [4.78, 5) is 18.3. The van der Waals surface area contributed by atoms with Crippen LogP contribution in [0.5, 0.6) is 0 Å². The Kier molecular flexibility index (Phi) is 3.61. The summed E-state index contributed by atoms with van der Waals surface area (Å²) in [7, 11) is 0. The fourth-order valence-corrected chi connectivity index (χ4v) is 2.20. The van der Waals surface area contributed by atoms with Gasteiger partial charge in [0.15, 0.2) is 0 Å². The average molecular weight is 233 g/mol. The van der Waals surface area contributed by atoms with Crippen LogP contribution in [-0.2, 0) is 0 Å². The van der Waals surface area contributed by atoms with Gasteiger partial charge in [-0.15, -0.1) is 0 Å². The SMILES string of the molecule is CCNc1cnccc1C(=O)N1CCC(C)C1.